The summed E-state index contributed by atoms with van der Waals surface area (Å²) in [6, 6.07) is 15.9. The Morgan fingerprint density at radius 1 is 1.00 bits per heavy atom. The van der Waals surface area contributed by atoms with Crippen LogP contribution in [0.15, 0.2) is 70.6 Å². The molecule has 0 saturated heterocycles. The fourth-order valence-electron chi connectivity index (χ4n) is 3.42. The molecule has 30 heavy (non-hydrogen) atoms. The number of benzene rings is 3. The van der Waals surface area contributed by atoms with Crippen molar-refractivity contribution in [1.29, 1.82) is 0 Å². The van der Waals surface area contributed by atoms with Crippen LogP contribution in [0.3, 0.4) is 0 Å². The van der Waals surface area contributed by atoms with Gasteiger partial charge in [0.05, 0.1) is 28.2 Å². The molecule has 0 bridgehead atoms. The molecule has 0 radical (unpaired) electrons. The minimum Gasteiger partial charge on any atom is -0.496 e. The van der Waals surface area contributed by atoms with Crippen molar-refractivity contribution < 1.29 is 22.7 Å². The third kappa shape index (κ3) is 3.57. The summed E-state index contributed by atoms with van der Waals surface area (Å²) in [5, 5.41) is 1.97. The van der Waals surface area contributed by atoms with Crippen molar-refractivity contribution in [2.75, 3.05) is 7.11 Å². The second kappa shape index (κ2) is 7.57. The Bertz CT molecular complexity index is 1230. The van der Waals surface area contributed by atoms with E-state index in [0.29, 0.717) is 10.7 Å². The average Bonchev–Trinajstić information content (AvgIpc) is 3.00. The summed E-state index contributed by atoms with van der Waals surface area (Å²) in [4.78, 5) is 13.4. The molecule has 0 aliphatic carbocycles. The fraction of sp³-hybridized carbons (Fsp3) is 0.0870. The van der Waals surface area contributed by atoms with E-state index < -0.39 is 17.5 Å². The molecule has 7 heteroatoms. The highest BCUT2D eigenvalue weighted by Crippen LogP contribution is 2.43. The number of thioether (sulfide) groups is 1. The first-order valence-electron chi connectivity index (χ1n) is 8.97. The number of halogens is 3. The maximum Gasteiger partial charge on any atom is 0.416 e. The van der Waals surface area contributed by atoms with E-state index in [1.807, 2.05) is 36.4 Å². The van der Waals surface area contributed by atoms with Gasteiger partial charge >= 0.3 is 6.18 Å². The average molecular weight is 427 g/mol. The van der Waals surface area contributed by atoms with Gasteiger partial charge in [0.2, 0.25) is 5.78 Å². The molecule has 2 N–H and O–H groups in total. The second-order valence-corrected chi connectivity index (χ2v) is 7.74. The van der Waals surface area contributed by atoms with Crippen LogP contribution >= 0.6 is 11.8 Å². The molecule has 0 amide bonds. The van der Waals surface area contributed by atoms with Crippen LogP contribution < -0.4 is 10.5 Å². The van der Waals surface area contributed by atoms with E-state index in [-0.39, 0.29) is 16.2 Å². The maximum atomic E-state index is 13.1. The van der Waals surface area contributed by atoms with E-state index >= 15 is 0 Å². The van der Waals surface area contributed by atoms with E-state index in [9.17, 15) is 18.0 Å². The summed E-state index contributed by atoms with van der Waals surface area (Å²) in [5.74, 6) is 0.317. The molecule has 3 aromatic rings. The summed E-state index contributed by atoms with van der Waals surface area (Å²) in [7, 11) is 1.59. The molecule has 0 saturated carbocycles. The van der Waals surface area contributed by atoms with Gasteiger partial charge in [-0.15, -0.1) is 0 Å². The zero-order valence-electron chi connectivity index (χ0n) is 15.8. The Labute approximate surface area is 175 Å². The molecule has 1 aliphatic rings. The lowest BCUT2D eigenvalue weighted by molar-refractivity contribution is -0.137. The van der Waals surface area contributed by atoms with Gasteiger partial charge in [-0.1, -0.05) is 54.2 Å². The zero-order valence-corrected chi connectivity index (χ0v) is 16.6. The smallest absolute Gasteiger partial charge is 0.416 e. The normalized spacial score (nSPS) is 16.0. The van der Waals surface area contributed by atoms with Crippen molar-refractivity contribution in [3.63, 3.8) is 0 Å². The first-order chi connectivity index (χ1) is 14.3. The van der Waals surface area contributed by atoms with Gasteiger partial charge in [0.1, 0.15) is 5.75 Å². The third-order valence-electron chi connectivity index (χ3n) is 4.82. The number of nitrogens with two attached hydrogens (primary N) is 1. The monoisotopic (exact) mass is 427 g/mol. The van der Waals surface area contributed by atoms with Gasteiger partial charge < -0.3 is 10.5 Å². The highest BCUT2D eigenvalue weighted by atomic mass is 32.2. The summed E-state index contributed by atoms with van der Waals surface area (Å²) >= 11 is 1.06. The Hall–Kier alpha value is -3.19. The summed E-state index contributed by atoms with van der Waals surface area (Å²) in [5.41, 5.74) is 6.26. The molecule has 1 heterocycles. The van der Waals surface area contributed by atoms with Crippen molar-refractivity contribution in [3.8, 4) is 5.75 Å². The fourth-order valence-corrected chi connectivity index (χ4v) is 4.35. The van der Waals surface area contributed by atoms with Crippen LogP contribution in [0, 0.1) is 0 Å². The molecular weight excluding hydrogens is 411 g/mol. The summed E-state index contributed by atoms with van der Waals surface area (Å²) in [6.07, 6.45) is -2.79. The Kier molecular flexibility index (Phi) is 5.07. The van der Waals surface area contributed by atoms with E-state index in [1.54, 1.807) is 13.2 Å². The van der Waals surface area contributed by atoms with Crippen molar-refractivity contribution >= 4 is 40.0 Å². The van der Waals surface area contributed by atoms with Gasteiger partial charge in [0.25, 0.3) is 0 Å². The SMILES string of the molecule is COc1cccc2c(C=C3SC(N)=C(c4cccc(C(F)(F)F)c4)C3=O)cccc12. The van der Waals surface area contributed by atoms with Crippen LogP contribution in [0.1, 0.15) is 16.7 Å². The van der Waals surface area contributed by atoms with Gasteiger partial charge in [-0.2, -0.15) is 13.2 Å². The van der Waals surface area contributed by atoms with Crippen LogP contribution in [0.4, 0.5) is 13.2 Å². The van der Waals surface area contributed by atoms with Crippen molar-refractivity contribution in [2.45, 2.75) is 6.18 Å². The number of fused-ring (bicyclic) bond motifs is 1. The topological polar surface area (TPSA) is 52.3 Å². The second-order valence-electron chi connectivity index (χ2n) is 6.66. The standard InChI is InChI=1S/C23H16F3NO2S/c1-29-18-10-4-8-16-13(5-3-9-17(16)18)12-19-21(28)20(22(27)30-19)14-6-2-7-15(11-14)23(24,25)26/h2-12H,27H2,1H3. The van der Waals surface area contributed by atoms with E-state index in [1.165, 1.54) is 12.1 Å². The first-order valence-corrected chi connectivity index (χ1v) is 9.78. The predicted octanol–water partition coefficient (Wildman–Crippen LogP) is 5.85. The largest absolute Gasteiger partial charge is 0.496 e. The Balaban J connectivity index is 1.75. The molecule has 4 rings (SSSR count). The van der Waals surface area contributed by atoms with Crippen LogP contribution in [0.5, 0.6) is 5.75 Å². The number of ketones is 1. The lowest BCUT2D eigenvalue weighted by Gasteiger charge is -2.09. The summed E-state index contributed by atoms with van der Waals surface area (Å²) in [6.45, 7) is 0. The van der Waals surface area contributed by atoms with E-state index in [2.05, 4.69) is 0 Å². The predicted molar refractivity (Wildman–Crippen MR) is 114 cm³/mol. The molecule has 0 spiro atoms. The van der Waals surface area contributed by atoms with Gasteiger partial charge in [0, 0.05) is 5.39 Å². The highest BCUT2D eigenvalue weighted by molar-refractivity contribution is 8.08. The van der Waals surface area contributed by atoms with E-state index in [0.717, 1.165) is 40.2 Å². The molecule has 152 valence electrons. The number of hydrogen-bond donors (Lipinski definition) is 1. The molecule has 0 fully saturated rings. The summed E-state index contributed by atoms with van der Waals surface area (Å²) < 4.78 is 44.6. The van der Waals surface area contributed by atoms with Crippen LogP contribution in [0.25, 0.3) is 22.4 Å². The molecule has 3 aromatic carbocycles. The molecule has 0 unspecified atom stereocenters. The van der Waals surface area contributed by atoms with E-state index in [4.69, 9.17) is 10.5 Å². The van der Waals surface area contributed by atoms with Crippen LogP contribution in [0.2, 0.25) is 0 Å². The molecule has 0 aromatic heterocycles. The van der Waals surface area contributed by atoms with Gasteiger partial charge in [-0.3, -0.25) is 4.79 Å². The van der Waals surface area contributed by atoms with Gasteiger partial charge in [-0.25, -0.2) is 0 Å². The van der Waals surface area contributed by atoms with Crippen molar-refractivity contribution in [3.05, 3.63) is 87.3 Å². The quantitative estimate of drug-likeness (QED) is 0.533. The molecule has 1 aliphatic heterocycles. The van der Waals surface area contributed by atoms with Crippen molar-refractivity contribution in [2.24, 2.45) is 5.73 Å². The van der Waals surface area contributed by atoms with Gasteiger partial charge in [-0.05, 0) is 40.8 Å². The number of rotatable bonds is 3. The van der Waals surface area contributed by atoms with Crippen LogP contribution in [-0.2, 0) is 11.0 Å². The number of Topliss-reactive ketones (excluding diaryl/α,β-unsaturated/α-hetero) is 1. The molecule has 3 nitrogen and oxygen atoms in total. The molecular formula is C23H16F3NO2S. The highest BCUT2D eigenvalue weighted by Gasteiger charge is 2.33. The Morgan fingerprint density at radius 3 is 2.43 bits per heavy atom. The first kappa shape index (κ1) is 20.1. The number of hydrogen-bond acceptors (Lipinski definition) is 4. The number of ether oxygens (including phenoxy) is 1. The van der Waals surface area contributed by atoms with Crippen LogP contribution in [-0.4, -0.2) is 12.9 Å². The lowest BCUT2D eigenvalue weighted by atomic mass is 9.98. The third-order valence-corrected chi connectivity index (χ3v) is 5.77. The maximum absolute atomic E-state index is 13.1. The minimum absolute atomic E-state index is 0.0927. The minimum atomic E-state index is -4.50. The number of methoxy groups -OCH3 is 1. The number of alkyl halides is 3. The Morgan fingerprint density at radius 2 is 1.70 bits per heavy atom. The zero-order chi connectivity index (χ0) is 21.5. The number of carbonyl (C=O) groups excluding carboxylic acids is 1. The van der Waals surface area contributed by atoms with Crippen molar-refractivity contribution in [1.82, 2.24) is 0 Å². The van der Waals surface area contributed by atoms with Gasteiger partial charge in [0.15, 0.2) is 0 Å². The number of allylic oxidation sites excluding steroid dienone is 2. The lowest BCUT2D eigenvalue weighted by Crippen LogP contribution is -2.07. The molecule has 0 atom stereocenters. The number of carbonyl (C=O) groups is 1.